The van der Waals surface area contributed by atoms with Crippen molar-refractivity contribution in [2.24, 2.45) is 0 Å². The van der Waals surface area contributed by atoms with Gasteiger partial charge in [0.15, 0.2) is 7.85 Å². The molecule has 0 radical (unpaired) electrons. The molecule has 0 aromatic heterocycles. The molecule has 1 saturated heterocycles. The van der Waals surface area contributed by atoms with Gasteiger partial charge in [-0.1, -0.05) is 24.3 Å². The zero-order chi connectivity index (χ0) is 30.2. The van der Waals surface area contributed by atoms with E-state index in [0.29, 0.717) is 19.5 Å². The van der Waals surface area contributed by atoms with E-state index in [0.717, 1.165) is 23.6 Å². The lowest BCUT2D eigenvalue weighted by molar-refractivity contribution is -0.144. The Hall–Kier alpha value is -3.09. The quantitative estimate of drug-likeness (QED) is 0.111. The highest BCUT2D eigenvalue weighted by molar-refractivity contribution is 6.39. The van der Waals surface area contributed by atoms with E-state index in [-0.39, 0.29) is 35.2 Å². The highest BCUT2D eigenvalue weighted by atomic mass is 16.5. The zero-order valence-electron chi connectivity index (χ0n) is 24.2. The summed E-state index contributed by atoms with van der Waals surface area (Å²) in [5, 5.41) is 39.2. The SMILES string of the molecule is BC(CCC=O)(C(=O)NC)N1C(=O)c2cccc(NC(O)(O)c3cccc(C(B)(B)N4CCOCC4)c3)c2C1(B)O. The van der Waals surface area contributed by atoms with Crippen molar-refractivity contribution in [3.05, 3.63) is 64.7 Å². The minimum Gasteiger partial charge on any atom is -0.379 e. The van der Waals surface area contributed by atoms with Gasteiger partial charge in [0.25, 0.3) is 11.8 Å². The van der Waals surface area contributed by atoms with Crippen LogP contribution < -0.4 is 10.6 Å². The molecular weight excluding hydrogens is 524 g/mol. The first-order chi connectivity index (χ1) is 19.2. The van der Waals surface area contributed by atoms with Crippen LogP contribution in [0.1, 0.15) is 39.9 Å². The van der Waals surface area contributed by atoms with Gasteiger partial charge in [-0.3, -0.25) is 9.59 Å². The van der Waals surface area contributed by atoms with Gasteiger partial charge < -0.3 is 45.3 Å². The Kier molecular flexibility index (Phi) is 8.50. The molecule has 2 atom stereocenters. The maximum absolute atomic E-state index is 13.7. The summed E-state index contributed by atoms with van der Waals surface area (Å²) < 4.78 is 5.49. The van der Waals surface area contributed by atoms with Gasteiger partial charge in [-0.25, -0.2) is 0 Å². The van der Waals surface area contributed by atoms with Gasteiger partial charge in [0, 0.05) is 48.9 Å². The first-order valence-corrected chi connectivity index (χ1v) is 13.7. The van der Waals surface area contributed by atoms with Gasteiger partial charge in [0.2, 0.25) is 5.91 Å². The fourth-order valence-corrected chi connectivity index (χ4v) is 6.10. The first-order valence-electron chi connectivity index (χ1n) is 13.7. The molecule has 2 aromatic rings. The molecule has 2 aromatic carbocycles. The summed E-state index contributed by atoms with van der Waals surface area (Å²) >= 11 is 0. The summed E-state index contributed by atoms with van der Waals surface area (Å²) in [6.45, 7) is 2.74. The number of anilines is 1. The first kappa shape index (κ1) is 30.9. The minimum absolute atomic E-state index is 0.0151. The van der Waals surface area contributed by atoms with Crippen LogP contribution in [0.5, 0.6) is 0 Å². The van der Waals surface area contributed by atoms with Crippen molar-refractivity contribution in [1.82, 2.24) is 15.1 Å². The minimum atomic E-state index is -2.58. The predicted octanol–water partition coefficient (Wildman–Crippen LogP) is -4.15. The van der Waals surface area contributed by atoms with E-state index in [2.05, 4.69) is 31.2 Å². The number of hydrogen-bond donors (Lipinski definition) is 5. The number of fused-ring (bicyclic) bond motifs is 1. The molecule has 2 aliphatic rings. The van der Waals surface area contributed by atoms with Crippen molar-refractivity contribution < 1.29 is 34.4 Å². The van der Waals surface area contributed by atoms with E-state index in [9.17, 15) is 29.7 Å². The third-order valence-electron chi connectivity index (χ3n) is 8.45. The van der Waals surface area contributed by atoms with Crippen LogP contribution in [-0.2, 0) is 31.2 Å². The third kappa shape index (κ3) is 5.44. The second kappa shape index (κ2) is 11.3. The molecule has 1 fully saturated rings. The zero-order valence-corrected chi connectivity index (χ0v) is 24.2. The van der Waals surface area contributed by atoms with Crippen LogP contribution in [0.25, 0.3) is 0 Å². The van der Waals surface area contributed by atoms with Gasteiger partial charge >= 0.3 is 0 Å². The second-order valence-electron chi connectivity index (χ2n) is 11.5. The largest absolute Gasteiger partial charge is 0.379 e. The van der Waals surface area contributed by atoms with E-state index in [1.165, 1.54) is 34.9 Å². The average molecular weight is 560 g/mol. The molecule has 0 saturated carbocycles. The number of benzene rings is 2. The van der Waals surface area contributed by atoms with Crippen LogP contribution in [0, 0.1) is 0 Å². The van der Waals surface area contributed by atoms with Crippen LogP contribution >= 0.6 is 0 Å². The number of nitrogens with zero attached hydrogens (tertiary/aromatic N) is 2. The Morgan fingerprint density at radius 1 is 1.12 bits per heavy atom. The van der Waals surface area contributed by atoms with Crippen LogP contribution in [0.3, 0.4) is 0 Å². The Balaban J connectivity index is 1.71. The number of aliphatic hydroxyl groups is 3. The number of carbonyl (C=O) groups is 3. The normalized spacial score (nSPS) is 21.2. The van der Waals surface area contributed by atoms with E-state index >= 15 is 0 Å². The lowest BCUT2D eigenvalue weighted by atomic mass is 9.56. The van der Waals surface area contributed by atoms with Crippen LogP contribution in [0.2, 0.25) is 0 Å². The molecule has 2 aliphatic heterocycles. The van der Waals surface area contributed by atoms with E-state index in [1.807, 2.05) is 6.07 Å². The molecule has 2 heterocycles. The van der Waals surface area contributed by atoms with Gasteiger partial charge in [-0.2, -0.15) is 0 Å². The van der Waals surface area contributed by atoms with Crippen molar-refractivity contribution in [3.63, 3.8) is 0 Å². The Morgan fingerprint density at radius 2 is 1.76 bits per heavy atom. The summed E-state index contributed by atoms with van der Waals surface area (Å²) in [4.78, 5) is 41.2. The van der Waals surface area contributed by atoms with Gasteiger partial charge in [0.05, 0.1) is 18.7 Å². The molecule has 15 heteroatoms. The van der Waals surface area contributed by atoms with Crippen LogP contribution in [0.15, 0.2) is 42.5 Å². The van der Waals surface area contributed by atoms with Gasteiger partial charge in [-0.05, 0) is 35.5 Å². The van der Waals surface area contributed by atoms with Crippen molar-refractivity contribution >= 4 is 55.2 Å². The molecule has 214 valence electrons. The number of likely N-dealkylation sites (N-methyl/N-ethyl adjacent to an activating group) is 1. The number of nitrogens with one attached hydrogen (secondary N) is 2. The topological polar surface area (TPSA) is 152 Å². The standard InChI is InChI=1S/C26H36B4N4O7/c1-31-22(37)23(27,9-4-12-35)34-21(36)18-7-3-8-19(20(18)25(34,30)38)32-26(39,40)17-6-2-5-16(15-17)24(28,29)33-10-13-41-14-11-33/h2-3,5-8,12,15,32,38-40H,4,9-11,13-14,27-30H2,1H3,(H,31,37). The lowest BCUT2D eigenvalue weighted by Crippen LogP contribution is -2.65. The summed E-state index contributed by atoms with van der Waals surface area (Å²) in [6, 6.07) is 11.5. The molecule has 0 aliphatic carbocycles. The number of ether oxygens (including phenoxy) is 1. The molecule has 0 bridgehead atoms. The predicted molar refractivity (Wildman–Crippen MR) is 163 cm³/mol. The summed E-state index contributed by atoms with van der Waals surface area (Å²) in [7, 11) is 8.40. The molecule has 4 rings (SSSR count). The molecular formula is C26H36B4N4O7. The maximum Gasteiger partial charge on any atom is 0.272 e. The molecule has 11 nitrogen and oxygen atoms in total. The maximum atomic E-state index is 13.7. The fraction of sp³-hybridized carbons (Fsp3) is 0.423. The van der Waals surface area contributed by atoms with Crippen molar-refractivity contribution in [1.29, 1.82) is 0 Å². The summed E-state index contributed by atoms with van der Waals surface area (Å²) in [6.07, 6.45) is 0.611. The fourth-order valence-electron chi connectivity index (χ4n) is 6.10. The van der Waals surface area contributed by atoms with Crippen LogP contribution in [0.4, 0.5) is 5.69 Å². The van der Waals surface area contributed by atoms with E-state index in [4.69, 9.17) is 4.74 Å². The van der Waals surface area contributed by atoms with Crippen molar-refractivity contribution in [2.45, 2.75) is 35.2 Å². The molecule has 0 spiro atoms. The van der Waals surface area contributed by atoms with Crippen LogP contribution in [-0.4, -0.2) is 113 Å². The summed E-state index contributed by atoms with van der Waals surface area (Å²) in [5.41, 5.74) is -2.29. The number of amides is 2. The lowest BCUT2D eigenvalue weighted by Gasteiger charge is -2.45. The molecule has 2 amide bonds. The molecule has 2 unspecified atom stereocenters. The van der Waals surface area contributed by atoms with Crippen molar-refractivity contribution in [3.8, 4) is 0 Å². The number of morpholine rings is 1. The third-order valence-corrected chi connectivity index (χ3v) is 8.45. The number of hydrogen-bond acceptors (Lipinski definition) is 9. The van der Waals surface area contributed by atoms with Gasteiger partial charge in [0.1, 0.15) is 35.4 Å². The number of aldehydes is 1. The second-order valence-corrected chi connectivity index (χ2v) is 11.5. The molecule has 41 heavy (non-hydrogen) atoms. The Morgan fingerprint density at radius 3 is 2.39 bits per heavy atom. The number of carbonyl (C=O) groups excluding carboxylic acids is 3. The number of rotatable bonds is 10. The molecule has 5 N–H and O–H groups in total. The van der Waals surface area contributed by atoms with Crippen molar-refractivity contribution in [2.75, 3.05) is 38.7 Å². The highest BCUT2D eigenvalue weighted by Crippen LogP contribution is 2.45. The average Bonchev–Trinajstić information content (AvgIpc) is 3.17. The summed E-state index contributed by atoms with van der Waals surface area (Å²) in [5.74, 6) is -3.75. The van der Waals surface area contributed by atoms with E-state index < -0.39 is 34.1 Å². The Labute approximate surface area is 243 Å². The van der Waals surface area contributed by atoms with E-state index in [1.54, 1.807) is 24.3 Å². The van der Waals surface area contributed by atoms with Gasteiger partial charge in [-0.15, -0.1) is 0 Å². The monoisotopic (exact) mass is 560 g/mol. The smallest absolute Gasteiger partial charge is 0.272 e. The highest BCUT2D eigenvalue weighted by Gasteiger charge is 2.56. The Bertz CT molecular complexity index is 1340.